The average Bonchev–Trinajstić information content (AvgIpc) is 3.20. The van der Waals surface area contributed by atoms with Gasteiger partial charge < -0.3 is 9.55 Å². The van der Waals surface area contributed by atoms with E-state index in [2.05, 4.69) is 20.5 Å². The minimum atomic E-state index is -0.200. The molecule has 6 nitrogen and oxygen atoms in total. The monoisotopic (exact) mass is 317 g/mol. The predicted molar refractivity (Wildman–Crippen MR) is 93.8 cm³/mol. The molecule has 4 rings (SSSR count). The maximum absolute atomic E-state index is 12.1. The van der Waals surface area contributed by atoms with Crippen LogP contribution >= 0.6 is 0 Å². The molecule has 6 heteroatoms. The number of hydrazone groups is 1. The number of carbonyl (C=O) groups is 1. The Hall–Kier alpha value is -3.41. The van der Waals surface area contributed by atoms with Gasteiger partial charge in [-0.3, -0.25) is 4.79 Å². The van der Waals surface area contributed by atoms with Gasteiger partial charge in [0.05, 0.1) is 23.6 Å². The number of fused-ring (bicyclic) bond motifs is 2. The number of hydrogen-bond acceptors (Lipinski definition) is 3. The highest BCUT2D eigenvalue weighted by molar-refractivity contribution is 5.99. The van der Waals surface area contributed by atoms with Crippen molar-refractivity contribution in [3.8, 4) is 0 Å². The third-order valence-corrected chi connectivity index (χ3v) is 3.86. The summed E-state index contributed by atoms with van der Waals surface area (Å²) >= 11 is 0. The lowest BCUT2D eigenvalue weighted by atomic mass is 10.2. The predicted octanol–water partition coefficient (Wildman–Crippen LogP) is 2.67. The van der Waals surface area contributed by atoms with Crippen LogP contribution in [0.5, 0.6) is 0 Å². The Morgan fingerprint density at radius 3 is 3.00 bits per heavy atom. The van der Waals surface area contributed by atoms with E-state index in [0.29, 0.717) is 0 Å². The highest BCUT2D eigenvalue weighted by Gasteiger charge is 2.06. The Kier molecular flexibility index (Phi) is 3.55. The summed E-state index contributed by atoms with van der Waals surface area (Å²) in [6, 6.07) is 15.6. The van der Waals surface area contributed by atoms with Crippen molar-refractivity contribution in [2.24, 2.45) is 5.10 Å². The number of H-pyrrole nitrogens is 1. The molecule has 0 spiro atoms. The van der Waals surface area contributed by atoms with Crippen LogP contribution in [0.25, 0.3) is 21.9 Å². The lowest BCUT2D eigenvalue weighted by Gasteiger charge is -2.02. The molecule has 118 valence electrons. The first-order valence-electron chi connectivity index (χ1n) is 7.59. The summed E-state index contributed by atoms with van der Waals surface area (Å²) in [5.74, 6) is -0.200. The number of aromatic amines is 1. The summed E-state index contributed by atoms with van der Waals surface area (Å²) in [5.41, 5.74) is 6.32. The van der Waals surface area contributed by atoms with Gasteiger partial charge in [0.1, 0.15) is 6.54 Å². The molecule has 0 saturated carbocycles. The van der Waals surface area contributed by atoms with Crippen LogP contribution in [0.1, 0.15) is 5.56 Å². The molecule has 4 aromatic rings. The average molecular weight is 317 g/mol. The molecule has 0 fully saturated rings. The second-order valence-corrected chi connectivity index (χ2v) is 5.44. The first-order valence-corrected chi connectivity index (χ1v) is 7.59. The minimum absolute atomic E-state index is 0.172. The zero-order chi connectivity index (χ0) is 16.4. The van der Waals surface area contributed by atoms with Gasteiger partial charge in [0.15, 0.2) is 0 Å². The fraction of sp³-hybridized carbons (Fsp3) is 0.0556. The van der Waals surface area contributed by atoms with Crippen LogP contribution in [-0.2, 0) is 11.3 Å². The second kappa shape index (κ2) is 6.00. The summed E-state index contributed by atoms with van der Waals surface area (Å²) in [4.78, 5) is 19.5. The van der Waals surface area contributed by atoms with Crippen molar-refractivity contribution in [2.45, 2.75) is 6.54 Å². The van der Waals surface area contributed by atoms with Gasteiger partial charge in [-0.25, -0.2) is 10.4 Å². The van der Waals surface area contributed by atoms with Gasteiger partial charge in [0.25, 0.3) is 5.91 Å². The molecule has 0 radical (unpaired) electrons. The van der Waals surface area contributed by atoms with E-state index in [1.807, 2.05) is 54.7 Å². The molecule has 1 amide bonds. The lowest BCUT2D eigenvalue weighted by molar-refractivity contribution is -0.121. The van der Waals surface area contributed by atoms with E-state index in [0.717, 1.165) is 27.5 Å². The molecule has 2 aromatic carbocycles. The molecule has 0 atom stereocenters. The topological polar surface area (TPSA) is 75.1 Å². The number of para-hydroxylation sites is 3. The molecule has 0 bridgehead atoms. The van der Waals surface area contributed by atoms with Crippen LogP contribution in [0, 0.1) is 0 Å². The van der Waals surface area contributed by atoms with Crippen LogP contribution in [-0.4, -0.2) is 26.7 Å². The fourth-order valence-corrected chi connectivity index (χ4v) is 2.70. The van der Waals surface area contributed by atoms with Crippen LogP contribution in [0.15, 0.2) is 66.2 Å². The highest BCUT2D eigenvalue weighted by atomic mass is 16.2. The molecule has 2 aromatic heterocycles. The van der Waals surface area contributed by atoms with Crippen molar-refractivity contribution in [1.29, 1.82) is 0 Å². The lowest BCUT2D eigenvalue weighted by Crippen LogP contribution is -2.22. The van der Waals surface area contributed by atoms with Gasteiger partial charge in [0, 0.05) is 22.7 Å². The number of amides is 1. The van der Waals surface area contributed by atoms with Crippen molar-refractivity contribution < 1.29 is 4.79 Å². The zero-order valence-corrected chi connectivity index (χ0v) is 12.8. The van der Waals surface area contributed by atoms with Crippen molar-refractivity contribution >= 4 is 34.1 Å². The summed E-state index contributed by atoms with van der Waals surface area (Å²) in [7, 11) is 0. The van der Waals surface area contributed by atoms with Crippen molar-refractivity contribution in [2.75, 3.05) is 0 Å². The van der Waals surface area contributed by atoms with E-state index >= 15 is 0 Å². The van der Waals surface area contributed by atoms with E-state index in [9.17, 15) is 4.79 Å². The molecule has 0 saturated heterocycles. The quantitative estimate of drug-likeness (QED) is 0.448. The van der Waals surface area contributed by atoms with Crippen LogP contribution < -0.4 is 5.43 Å². The molecule has 2 N–H and O–H groups in total. The van der Waals surface area contributed by atoms with Gasteiger partial charge in [0.2, 0.25) is 0 Å². The fourth-order valence-electron chi connectivity index (χ4n) is 2.70. The molecule has 2 heterocycles. The first-order chi connectivity index (χ1) is 11.8. The molecular weight excluding hydrogens is 302 g/mol. The van der Waals surface area contributed by atoms with Crippen LogP contribution in [0.2, 0.25) is 0 Å². The largest absolute Gasteiger partial charge is 0.361 e. The van der Waals surface area contributed by atoms with Gasteiger partial charge in [-0.05, 0) is 18.2 Å². The SMILES string of the molecule is O=C(Cn1cnc2ccccc21)N/N=C/c1c[nH]c2ccccc12. The summed E-state index contributed by atoms with van der Waals surface area (Å²) < 4.78 is 1.80. The second-order valence-electron chi connectivity index (χ2n) is 5.44. The Labute approximate surface area is 137 Å². The van der Waals surface area contributed by atoms with Gasteiger partial charge in [-0.15, -0.1) is 0 Å². The number of aromatic nitrogens is 3. The number of carbonyl (C=O) groups excluding carboxylic acids is 1. The third-order valence-electron chi connectivity index (χ3n) is 3.86. The summed E-state index contributed by atoms with van der Waals surface area (Å²) in [5, 5.41) is 5.11. The highest BCUT2D eigenvalue weighted by Crippen LogP contribution is 2.15. The van der Waals surface area contributed by atoms with Crippen LogP contribution in [0.3, 0.4) is 0 Å². The Morgan fingerprint density at radius 2 is 2.04 bits per heavy atom. The Bertz CT molecular complexity index is 1040. The number of imidazole rings is 1. The van der Waals surface area contributed by atoms with Gasteiger partial charge in [-0.2, -0.15) is 5.10 Å². The molecule has 0 unspecified atom stereocenters. The molecule has 0 aliphatic heterocycles. The number of nitrogens with one attached hydrogen (secondary N) is 2. The van der Waals surface area contributed by atoms with E-state index in [1.165, 1.54) is 0 Å². The number of nitrogens with zero attached hydrogens (tertiary/aromatic N) is 3. The van der Waals surface area contributed by atoms with Crippen molar-refractivity contribution in [3.63, 3.8) is 0 Å². The van der Waals surface area contributed by atoms with Crippen LogP contribution in [0.4, 0.5) is 0 Å². The normalized spacial score (nSPS) is 11.5. The summed E-state index contributed by atoms with van der Waals surface area (Å²) in [6.45, 7) is 0.172. The van der Waals surface area contributed by atoms with E-state index in [1.54, 1.807) is 17.1 Å². The van der Waals surface area contributed by atoms with E-state index in [4.69, 9.17) is 0 Å². The molecular formula is C18H15N5O. The smallest absolute Gasteiger partial charge is 0.260 e. The number of rotatable bonds is 4. The van der Waals surface area contributed by atoms with Gasteiger partial charge in [-0.1, -0.05) is 30.3 Å². The Morgan fingerprint density at radius 1 is 1.21 bits per heavy atom. The van der Waals surface area contributed by atoms with E-state index in [-0.39, 0.29) is 12.5 Å². The zero-order valence-electron chi connectivity index (χ0n) is 12.8. The minimum Gasteiger partial charge on any atom is -0.361 e. The third kappa shape index (κ3) is 2.65. The standard InChI is InChI=1S/C18H15N5O/c24-18(11-23-12-20-16-7-3-4-8-17(16)23)22-21-10-13-9-19-15-6-2-1-5-14(13)15/h1-10,12,19H,11H2,(H,22,24)/b21-10+. The summed E-state index contributed by atoms with van der Waals surface area (Å²) in [6.07, 6.45) is 5.17. The van der Waals surface area contributed by atoms with Gasteiger partial charge >= 0.3 is 0 Å². The van der Waals surface area contributed by atoms with Crippen molar-refractivity contribution in [3.05, 3.63) is 66.6 Å². The molecule has 0 aliphatic carbocycles. The Balaban J connectivity index is 1.45. The van der Waals surface area contributed by atoms with E-state index < -0.39 is 0 Å². The maximum Gasteiger partial charge on any atom is 0.260 e. The number of hydrogen-bond donors (Lipinski definition) is 2. The molecule has 24 heavy (non-hydrogen) atoms. The number of benzene rings is 2. The van der Waals surface area contributed by atoms with Crippen molar-refractivity contribution in [1.82, 2.24) is 20.0 Å². The molecule has 0 aliphatic rings. The first kappa shape index (κ1) is 14.2. The maximum atomic E-state index is 12.1.